The van der Waals surface area contributed by atoms with Crippen LogP contribution in [0.15, 0.2) is 42.5 Å². The van der Waals surface area contributed by atoms with Crippen molar-refractivity contribution in [3.8, 4) is 11.5 Å². The first-order valence-corrected chi connectivity index (χ1v) is 9.51. The summed E-state index contributed by atoms with van der Waals surface area (Å²) in [5.41, 5.74) is 2.45. The summed E-state index contributed by atoms with van der Waals surface area (Å²) in [6.45, 7) is 5.98. The van der Waals surface area contributed by atoms with Crippen molar-refractivity contribution in [2.24, 2.45) is 0 Å². The van der Waals surface area contributed by atoms with Crippen LogP contribution in [0.25, 0.3) is 0 Å². The summed E-state index contributed by atoms with van der Waals surface area (Å²) >= 11 is 0. The van der Waals surface area contributed by atoms with Crippen molar-refractivity contribution in [2.45, 2.75) is 20.3 Å². The van der Waals surface area contributed by atoms with Crippen molar-refractivity contribution >= 4 is 11.8 Å². The van der Waals surface area contributed by atoms with Gasteiger partial charge in [-0.05, 0) is 44.0 Å². The van der Waals surface area contributed by atoms with Gasteiger partial charge in [-0.15, -0.1) is 0 Å². The first-order valence-electron chi connectivity index (χ1n) is 9.51. The van der Waals surface area contributed by atoms with Crippen molar-refractivity contribution in [2.75, 3.05) is 32.8 Å². The summed E-state index contributed by atoms with van der Waals surface area (Å²) in [5, 5.41) is 9.91. The molecule has 1 heterocycles. The number of amides is 2. The Morgan fingerprint density at radius 3 is 2.46 bits per heavy atom. The molecule has 0 atom stereocenters. The smallest absolute Gasteiger partial charge is 0.260 e. The highest BCUT2D eigenvalue weighted by molar-refractivity contribution is 5.96. The minimum absolute atomic E-state index is 0.0165. The van der Waals surface area contributed by atoms with Crippen LogP contribution in [0.1, 0.15) is 27.9 Å². The molecule has 1 N–H and O–H groups in total. The molecule has 0 aromatic heterocycles. The third-order valence-electron chi connectivity index (χ3n) is 4.95. The first kappa shape index (κ1) is 19.7. The van der Waals surface area contributed by atoms with Crippen LogP contribution in [0.5, 0.6) is 11.5 Å². The zero-order chi connectivity index (χ0) is 20.1. The SMILES string of the molecule is Cc1ccc(OCC(=O)N2CCCN(C(=O)c3ccccc3O)CC2)c(C)c1. The quantitative estimate of drug-likeness (QED) is 0.883. The molecular weight excluding hydrogens is 356 g/mol. The van der Waals surface area contributed by atoms with Crippen LogP contribution < -0.4 is 4.74 Å². The topological polar surface area (TPSA) is 70.1 Å². The predicted molar refractivity (Wildman–Crippen MR) is 107 cm³/mol. The fourth-order valence-corrected chi connectivity index (χ4v) is 3.39. The van der Waals surface area contributed by atoms with Gasteiger partial charge in [0.25, 0.3) is 11.8 Å². The Bertz CT molecular complexity index is 865. The number of aryl methyl sites for hydroxylation is 2. The van der Waals surface area contributed by atoms with Gasteiger partial charge in [0.2, 0.25) is 0 Å². The van der Waals surface area contributed by atoms with Crippen LogP contribution in [0.4, 0.5) is 0 Å². The molecule has 1 saturated heterocycles. The zero-order valence-electron chi connectivity index (χ0n) is 16.4. The molecule has 0 bridgehead atoms. The minimum atomic E-state index is -0.209. The highest BCUT2D eigenvalue weighted by Gasteiger charge is 2.24. The molecule has 0 saturated carbocycles. The largest absolute Gasteiger partial charge is 0.507 e. The number of benzene rings is 2. The fourth-order valence-electron chi connectivity index (χ4n) is 3.39. The van der Waals surface area contributed by atoms with E-state index in [0.717, 1.165) is 11.1 Å². The predicted octanol–water partition coefficient (Wildman–Crippen LogP) is 2.76. The van der Waals surface area contributed by atoms with Gasteiger partial charge in [-0.3, -0.25) is 9.59 Å². The molecule has 6 nitrogen and oxygen atoms in total. The molecule has 2 aromatic carbocycles. The number of hydrogen-bond donors (Lipinski definition) is 1. The second-order valence-corrected chi connectivity index (χ2v) is 7.10. The van der Waals surface area contributed by atoms with E-state index in [-0.39, 0.29) is 24.2 Å². The van der Waals surface area contributed by atoms with Crippen LogP contribution in [-0.4, -0.2) is 59.5 Å². The first-order chi connectivity index (χ1) is 13.5. The lowest BCUT2D eigenvalue weighted by atomic mass is 10.1. The molecule has 1 fully saturated rings. The van der Waals surface area contributed by atoms with Crippen LogP contribution in [0, 0.1) is 13.8 Å². The monoisotopic (exact) mass is 382 g/mol. The summed E-state index contributed by atoms with van der Waals surface area (Å²) in [6, 6.07) is 12.4. The lowest BCUT2D eigenvalue weighted by molar-refractivity contribution is -0.133. The van der Waals surface area contributed by atoms with Crippen molar-refractivity contribution < 1.29 is 19.4 Å². The molecule has 0 radical (unpaired) electrons. The maximum atomic E-state index is 12.7. The average Bonchev–Trinajstić information content (AvgIpc) is 2.93. The van der Waals surface area contributed by atoms with Crippen molar-refractivity contribution in [1.82, 2.24) is 9.80 Å². The van der Waals surface area contributed by atoms with E-state index < -0.39 is 0 Å². The Hall–Kier alpha value is -3.02. The number of rotatable bonds is 4. The Kier molecular flexibility index (Phi) is 6.19. The third kappa shape index (κ3) is 4.63. The highest BCUT2D eigenvalue weighted by Crippen LogP contribution is 2.20. The molecule has 2 aromatic rings. The van der Waals surface area contributed by atoms with Crippen molar-refractivity contribution in [1.29, 1.82) is 0 Å². The van der Waals surface area contributed by atoms with Crippen LogP contribution in [0.3, 0.4) is 0 Å². The lowest BCUT2D eigenvalue weighted by Gasteiger charge is -2.22. The second-order valence-electron chi connectivity index (χ2n) is 7.10. The summed E-state index contributed by atoms with van der Waals surface area (Å²) in [7, 11) is 0. The van der Waals surface area contributed by atoms with Gasteiger partial charge in [0, 0.05) is 26.2 Å². The molecule has 1 aliphatic heterocycles. The van der Waals surface area contributed by atoms with Crippen molar-refractivity contribution in [3.63, 3.8) is 0 Å². The van der Waals surface area contributed by atoms with Gasteiger partial charge in [-0.2, -0.15) is 0 Å². The molecule has 1 aliphatic rings. The highest BCUT2D eigenvalue weighted by atomic mass is 16.5. The van der Waals surface area contributed by atoms with E-state index in [2.05, 4.69) is 0 Å². The number of carbonyl (C=O) groups is 2. The maximum absolute atomic E-state index is 12.7. The number of hydrogen-bond acceptors (Lipinski definition) is 4. The zero-order valence-corrected chi connectivity index (χ0v) is 16.4. The Morgan fingerprint density at radius 2 is 1.71 bits per heavy atom. The number of nitrogens with zero attached hydrogens (tertiary/aromatic N) is 2. The Morgan fingerprint density at radius 1 is 1.00 bits per heavy atom. The van der Waals surface area contributed by atoms with Gasteiger partial charge in [-0.1, -0.05) is 29.8 Å². The van der Waals surface area contributed by atoms with E-state index in [1.54, 1.807) is 28.0 Å². The molecule has 0 aliphatic carbocycles. The van der Waals surface area contributed by atoms with Crippen molar-refractivity contribution in [3.05, 3.63) is 59.2 Å². The fraction of sp³-hybridized carbons (Fsp3) is 0.364. The molecule has 0 spiro atoms. The van der Waals surface area contributed by atoms with Gasteiger partial charge in [0.05, 0.1) is 5.56 Å². The molecule has 28 heavy (non-hydrogen) atoms. The van der Waals surface area contributed by atoms with Gasteiger partial charge >= 0.3 is 0 Å². The number of carbonyl (C=O) groups excluding carboxylic acids is 2. The molecule has 148 valence electrons. The summed E-state index contributed by atoms with van der Waals surface area (Å²) in [4.78, 5) is 28.6. The number of aromatic hydroxyl groups is 1. The molecule has 3 rings (SSSR count). The normalized spacial score (nSPS) is 14.5. The number of phenolic OH excluding ortho intramolecular Hbond substituents is 1. The molecule has 0 unspecified atom stereocenters. The molecule has 2 amide bonds. The average molecular weight is 382 g/mol. The Balaban J connectivity index is 1.56. The maximum Gasteiger partial charge on any atom is 0.260 e. The van der Waals surface area contributed by atoms with Gasteiger partial charge in [0.15, 0.2) is 6.61 Å². The molecule has 6 heteroatoms. The van der Waals surface area contributed by atoms with Crippen LogP contribution in [-0.2, 0) is 4.79 Å². The van der Waals surface area contributed by atoms with E-state index >= 15 is 0 Å². The van der Waals surface area contributed by atoms with Gasteiger partial charge in [0.1, 0.15) is 11.5 Å². The van der Waals surface area contributed by atoms with Crippen LogP contribution in [0.2, 0.25) is 0 Å². The van der Waals surface area contributed by atoms with E-state index in [4.69, 9.17) is 4.74 Å². The summed E-state index contributed by atoms with van der Waals surface area (Å²) in [6.07, 6.45) is 0.689. The number of para-hydroxylation sites is 1. The third-order valence-corrected chi connectivity index (χ3v) is 4.95. The minimum Gasteiger partial charge on any atom is -0.507 e. The van der Waals surface area contributed by atoms with Gasteiger partial charge < -0.3 is 19.6 Å². The standard InChI is InChI=1S/C22H26N2O4/c1-16-8-9-20(17(2)14-16)28-15-21(26)23-10-5-11-24(13-12-23)22(27)18-6-3-4-7-19(18)25/h3-4,6-9,14,25H,5,10-13,15H2,1-2H3. The van der Waals surface area contributed by atoms with Gasteiger partial charge in [-0.25, -0.2) is 0 Å². The van der Waals surface area contributed by atoms with E-state index in [1.165, 1.54) is 6.07 Å². The summed E-state index contributed by atoms with van der Waals surface area (Å²) < 4.78 is 5.70. The Labute approximate surface area is 165 Å². The number of phenols is 1. The van der Waals surface area contributed by atoms with E-state index in [0.29, 0.717) is 43.9 Å². The lowest BCUT2D eigenvalue weighted by Crippen LogP contribution is -2.39. The van der Waals surface area contributed by atoms with E-state index in [1.807, 2.05) is 32.0 Å². The van der Waals surface area contributed by atoms with E-state index in [9.17, 15) is 14.7 Å². The second kappa shape index (κ2) is 8.78. The molecular formula is C22H26N2O4. The number of ether oxygens (including phenoxy) is 1. The van der Waals surface area contributed by atoms with Crippen LogP contribution >= 0.6 is 0 Å². The summed E-state index contributed by atoms with van der Waals surface area (Å²) in [5.74, 6) is 0.396.